The third kappa shape index (κ3) is 6.65. The Hall–Kier alpha value is -5.88. The van der Waals surface area contributed by atoms with Crippen LogP contribution in [0, 0.1) is 11.8 Å². The molecule has 21 nitrogen and oxygen atoms in total. The van der Waals surface area contributed by atoms with Crippen LogP contribution in [0.1, 0.15) is 50.4 Å². The summed E-state index contributed by atoms with van der Waals surface area (Å²) in [7, 11) is 4.31. The van der Waals surface area contributed by atoms with Crippen molar-refractivity contribution in [1.82, 2.24) is 24.4 Å². The number of phenols is 1. The number of aromatic nitrogens is 5. The van der Waals surface area contributed by atoms with Crippen LogP contribution in [0.4, 0.5) is 0 Å². The standard InChI is InChI=1S/C32H32O13S.C6H6N6O2/c1-37-19-6-13(7-20(38-2)25(19)33)23-14-8-17-18(42-12-41-17)9-15(14)28(16-10-39-30(36)24(16)23)44-32-27(35)26(34)29-21(43-32)11-40-31(45-29)22-4-3-5-46-22;1-11-6(14)12-2-8-3(4(7)13)5(12)9-10-11/h3-9,16,21,23-24,26-29,31-35H,10-12H2,1-2H3;2H,1H3,(H2,7,13)/t16?,21-,23-,24+,26-,27-,28?,29-,31?,32+;/m1./s1. The van der Waals surface area contributed by atoms with Crippen LogP contribution in [-0.2, 0) is 35.5 Å². The summed E-state index contributed by atoms with van der Waals surface area (Å²) in [6, 6.07) is 10.7. The van der Waals surface area contributed by atoms with Gasteiger partial charge in [-0.05, 0) is 52.4 Å². The molecule has 3 fully saturated rings. The number of methoxy groups -OCH3 is 2. The number of primary amides is 1. The molecule has 0 radical (unpaired) electrons. The highest BCUT2D eigenvalue weighted by molar-refractivity contribution is 7.10. The molecular formula is C38H38N6O15S. The van der Waals surface area contributed by atoms with Gasteiger partial charge in [-0.3, -0.25) is 9.59 Å². The summed E-state index contributed by atoms with van der Waals surface area (Å²) in [5.74, 6) is -1.83. The average molecular weight is 851 g/mol. The number of aliphatic hydroxyl groups excluding tert-OH is 2. The lowest BCUT2D eigenvalue weighted by Crippen LogP contribution is -2.62. The number of esters is 1. The number of hydrogen-bond acceptors (Lipinski definition) is 19. The zero-order chi connectivity index (χ0) is 42.0. The summed E-state index contributed by atoms with van der Waals surface area (Å²) in [5.41, 5.74) is 6.60. The Morgan fingerprint density at radius 3 is 2.40 bits per heavy atom. The van der Waals surface area contributed by atoms with Gasteiger partial charge in [0, 0.05) is 18.9 Å². The number of hydrogen-bond donors (Lipinski definition) is 4. The monoisotopic (exact) mass is 850 g/mol. The number of rotatable bonds is 7. The Balaban J connectivity index is 0.000000280. The number of ether oxygens (including phenoxy) is 9. The van der Waals surface area contributed by atoms with Crippen molar-refractivity contribution in [2.75, 3.05) is 34.2 Å². The molecule has 4 aliphatic heterocycles. The highest BCUT2D eigenvalue weighted by atomic mass is 32.1. The van der Waals surface area contributed by atoms with E-state index in [1.807, 2.05) is 23.6 Å². The molecule has 5 aromatic rings. The molecule has 3 unspecified atom stereocenters. The Morgan fingerprint density at radius 1 is 0.983 bits per heavy atom. The van der Waals surface area contributed by atoms with Gasteiger partial charge in [0.1, 0.15) is 30.7 Å². The summed E-state index contributed by atoms with van der Waals surface area (Å²) in [5, 5.41) is 42.1. The molecule has 60 heavy (non-hydrogen) atoms. The minimum Gasteiger partial charge on any atom is -0.502 e. The number of aromatic hydroxyl groups is 1. The van der Waals surface area contributed by atoms with Crippen molar-refractivity contribution >= 4 is 28.9 Å². The first-order valence-corrected chi connectivity index (χ1v) is 19.4. The van der Waals surface area contributed by atoms with Crippen molar-refractivity contribution in [1.29, 1.82) is 0 Å². The highest BCUT2D eigenvalue weighted by Gasteiger charge is 2.56. The lowest BCUT2D eigenvalue weighted by atomic mass is 9.66. The van der Waals surface area contributed by atoms with E-state index < -0.39 is 78.4 Å². The van der Waals surface area contributed by atoms with E-state index >= 15 is 0 Å². The smallest absolute Gasteiger partial charge is 0.352 e. The summed E-state index contributed by atoms with van der Waals surface area (Å²) >= 11 is 1.46. The molecule has 10 atom stereocenters. The summed E-state index contributed by atoms with van der Waals surface area (Å²) in [6.07, 6.45) is -5.98. The fourth-order valence-electron chi connectivity index (χ4n) is 8.24. The first-order chi connectivity index (χ1) is 29.0. The van der Waals surface area contributed by atoms with E-state index in [0.29, 0.717) is 28.2 Å². The number of thiophene rings is 1. The van der Waals surface area contributed by atoms with Gasteiger partial charge < -0.3 is 63.7 Å². The molecule has 3 aromatic heterocycles. The van der Waals surface area contributed by atoms with Crippen molar-refractivity contribution in [3.05, 3.63) is 85.9 Å². The number of carbonyl (C=O) groups is 2. The third-order valence-corrected chi connectivity index (χ3v) is 12.0. The molecule has 2 aromatic carbocycles. The molecule has 0 spiro atoms. The van der Waals surface area contributed by atoms with Crippen molar-refractivity contribution < 1.29 is 67.5 Å². The number of benzene rings is 2. The van der Waals surface area contributed by atoms with Crippen LogP contribution in [-0.4, -0.2) is 117 Å². The van der Waals surface area contributed by atoms with E-state index in [-0.39, 0.29) is 48.6 Å². The van der Waals surface area contributed by atoms with Gasteiger partial charge in [0.25, 0.3) is 5.91 Å². The fraction of sp³-hybridized carbons (Fsp3) is 0.421. The normalized spacial score (nSPS) is 28.8. The zero-order valence-electron chi connectivity index (χ0n) is 32.0. The number of nitrogens with two attached hydrogens (primary N) is 1. The molecule has 0 bridgehead atoms. The quantitative estimate of drug-likeness (QED) is 0.164. The number of phenolic OH excluding ortho intramolecular Hbond substituents is 1. The van der Waals surface area contributed by atoms with Gasteiger partial charge in [0.05, 0.1) is 44.3 Å². The number of aliphatic hydroxyl groups is 2. The molecule has 22 heteroatoms. The van der Waals surface area contributed by atoms with Crippen LogP contribution >= 0.6 is 11.3 Å². The predicted molar refractivity (Wildman–Crippen MR) is 200 cm³/mol. The largest absolute Gasteiger partial charge is 0.502 e. The number of cyclic esters (lactones) is 1. The number of amides is 1. The predicted octanol–water partition coefficient (Wildman–Crippen LogP) is 0.675. The van der Waals surface area contributed by atoms with E-state index in [1.54, 1.807) is 18.2 Å². The number of aryl methyl sites for hydroxylation is 1. The van der Waals surface area contributed by atoms with Crippen LogP contribution in [0.5, 0.6) is 28.7 Å². The van der Waals surface area contributed by atoms with Crippen LogP contribution in [0.3, 0.4) is 0 Å². The second kappa shape index (κ2) is 15.6. The van der Waals surface area contributed by atoms with Crippen LogP contribution < -0.4 is 30.4 Å². The molecule has 7 heterocycles. The topological polar surface area (TPSA) is 269 Å². The third-order valence-electron chi connectivity index (χ3n) is 11.1. The number of carbonyl (C=O) groups excluding carboxylic acids is 2. The first kappa shape index (κ1) is 39.6. The summed E-state index contributed by atoms with van der Waals surface area (Å²) in [4.78, 5) is 40.2. The molecule has 0 saturated carbocycles. The van der Waals surface area contributed by atoms with E-state index in [0.717, 1.165) is 14.0 Å². The Bertz CT molecular complexity index is 2490. The van der Waals surface area contributed by atoms with E-state index in [9.17, 15) is 29.7 Å². The van der Waals surface area contributed by atoms with Gasteiger partial charge in [-0.15, -0.1) is 16.4 Å². The average Bonchev–Trinajstić information content (AvgIpc) is 4.09. The molecule has 10 rings (SSSR count). The first-order valence-electron chi connectivity index (χ1n) is 18.6. The maximum atomic E-state index is 13.5. The van der Waals surface area contributed by atoms with Crippen molar-refractivity contribution in [3.63, 3.8) is 0 Å². The molecule has 3 saturated heterocycles. The van der Waals surface area contributed by atoms with Crippen LogP contribution in [0.15, 0.2) is 52.9 Å². The lowest BCUT2D eigenvalue weighted by Gasteiger charge is -2.48. The second-order valence-electron chi connectivity index (χ2n) is 14.4. The molecule has 5 N–H and O–H groups in total. The van der Waals surface area contributed by atoms with Crippen molar-refractivity contribution in [3.8, 4) is 28.7 Å². The number of nitrogens with zero attached hydrogens (tertiary/aromatic N) is 5. The van der Waals surface area contributed by atoms with Gasteiger partial charge in [0.15, 0.2) is 46.9 Å². The second-order valence-corrected chi connectivity index (χ2v) is 15.4. The van der Waals surface area contributed by atoms with Gasteiger partial charge in [0.2, 0.25) is 12.5 Å². The zero-order valence-corrected chi connectivity index (χ0v) is 32.8. The van der Waals surface area contributed by atoms with E-state index in [4.69, 9.17) is 48.4 Å². The molecular weight excluding hydrogens is 813 g/mol. The van der Waals surface area contributed by atoms with E-state index in [2.05, 4.69) is 15.3 Å². The van der Waals surface area contributed by atoms with E-state index in [1.165, 1.54) is 38.9 Å². The summed E-state index contributed by atoms with van der Waals surface area (Å²) < 4.78 is 54.7. The van der Waals surface area contributed by atoms with Crippen LogP contribution in [0.2, 0.25) is 0 Å². The minimum absolute atomic E-state index is 0.0242. The van der Waals surface area contributed by atoms with Gasteiger partial charge in [-0.25, -0.2) is 14.2 Å². The Kier molecular flexibility index (Phi) is 10.3. The maximum Gasteiger partial charge on any atom is 0.352 e. The van der Waals surface area contributed by atoms with Crippen molar-refractivity contribution in [2.45, 2.75) is 49.0 Å². The Labute approximate surface area is 342 Å². The minimum atomic E-state index is -1.47. The molecule has 1 aliphatic carbocycles. The van der Waals surface area contributed by atoms with Gasteiger partial charge >= 0.3 is 11.7 Å². The molecule has 1 amide bonds. The fourth-order valence-corrected chi connectivity index (χ4v) is 8.94. The highest BCUT2D eigenvalue weighted by Crippen LogP contribution is 2.57. The van der Waals surface area contributed by atoms with Gasteiger partial charge in [-0.1, -0.05) is 11.3 Å². The number of fused-ring (bicyclic) bond motifs is 5. The lowest BCUT2D eigenvalue weighted by molar-refractivity contribution is -0.368. The van der Waals surface area contributed by atoms with Crippen molar-refractivity contribution in [2.24, 2.45) is 24.6 Å². The maximum absolute atomic E-state index is 13.5. The Morgan fingerprint density at radius 2 is 1.72 bits per heavy atom. The van der Waals surface area contributed by atoms with Gasteiger partial charge in [-0.2, -0.15) is 4.68 Å². The number of imidazole rings is 1. The summed E-state index contributed by atoms with van der Waals surface area (Å²) in [6.45, 7) is 0.171. The van der Waals surface area contributed by atoms with Crippen LogP contribution in [0.25, 0.3) is 5.65 Å². The molecule has 316 valence electrons. The SMILES string of the molecule is COc1cc([C@@H]2c3cc4c(cc3C(O[C@@H]3O[C@@H]5COC(c6cccs6)O[C@H]5[C@H](O)[C@H]3O)C3COC(=O)[C@@H]32)OCO4)cc(OC)c1O.Cn1nnc2c(C(N)=O)ncn2c1=O. The molecule has 5 aliphatic rings.